The number of rotatable bonds is 2. The molecule has 0 unspecified atom stereocenters. The van der Waals surface area contributed by atoms with Gasteiger partial charge < -0.3 is 4.57 Å². The summed E-state index contributed by atoms with van der Waals surface area (Å²) in [6.45, 7) is 0.481. The van der Waals surface area contributed by atoms with Crippen molar-refractivity contribution in [3.8, 4) is 0 Å². The van der Waals surface area contributed by atoms with E-state index in [1.54, 1.807) is 12.1 Å². The summed E-state index contributed by atoms with van der Waals surface area (Å²) in [4.78, 5) is 0. The Bertz CT molecular complexity index is 751. The zero-order chi connectivity index (χ0) is 13.4. The minimum Gasteiger partial charge on any atom is -0.343 e. The highest BCUT2D eigenvalue weighted by Gasteiger charge is 2.07. The van der Waals surface area contributed by atoms with Gasteiger partial charge in [-0.3, -0.25) is 0 Å². The maximum Gasteiger partial charge on any atom is 0.128 e. The molecule has 96 valence electrons. The lowest BCUT2D eigenvalue weighted by atomic mass is 10.2. The summed E-state index contributed by atoms with van der Waals surface area (Å²) in [7, 11) is 0. The van der Waals surface area contributed by atoms with Crippen molar-refractivity contribution in [2.75, 3.05) is 0 Å². The molecule has 0 radical (unpaired) electrons. The van der Waals surface area contributed by atoms with Crippen LogP contribution in [0.3, 0.4) is 0 Å². The molecule has 1 aromatic heterocycles. The molecule has 0 bridgehead atoms. The van der Waals surface area contributed by atoms with Gasteiger partial charge in [-0.15, -0.1) is 0 Å². The van der Waals surface area contributed by atoms with Crippen LogP contribution in [0.15, 0.2) is 53.1 Å². The van der Waals surface area contributed by atoms with E-state index in [0.717, 1.165) is 15.4 Å². The summed E-state index contributed by atoms with van der Waals surface area (Å²) in [5.74, 6) is -0.202. The minimum atomic E-state index is -0.202. The van der Waals surface area contributed by atoms with Crippen molar-refractivity contribution in [3.63, 3.8) is 0 Å². The fourth-order valence-electron chi connectivity index (χ4n) is 2.14. The van der Waals surface area contributed by atoms with Crippen molar-refractivity contribution in [2.45, 2.75) is 6.54 Å². The van der Waals surface area contributed by atoms with Crippen LogP contribution in [0, 0.1) is 5.82 Å². The maximum absolute atomic E-state index is 13.8. The fraction of sp³-hybridized carbons (Fsp3) is 0.0667. The van der Waals surface area contributed by atoms with Gasteiger partial charge in [0.25, 0.3) is 0 Å². The molecule has 1 nitrogen and oxygen atoms in total. The molecular weight excluding hydrogens is 329 g/mol. The van der Waals surface area contributed by atoms with Crippen LogP contribution in [0.4, 0.5) is 4.39 Å². The topological polar surface area (TPSA) is 4.93 Å². The van der Waals surface area contributed by atoms with Gasteiger partial charge in [-0.25, -0.2) is 4.39 Å². The molecule has 0 aliphatic carbocycles. The van der Waals surface area contributed by atoms with E-state index < -0.39 is 0 Å². The predicted molar refractivity (Wildman–Crippen MR) is 80.2 cm³/mol. The third-order valence-electron chi connectivity index (χ3n) is 3.08. The van der Waals surface area contributed by atoms with Crippen LogP contribution in [0.5, 0.6) is 0 Å². The van der Waals surface area contributed by atoms with Crippen LogP contribution in [0.25, 0.3) is 10.9 Å². The Morgan fingerprint density at radius 1 is 1.11 bits per heavy atom. The Morgan fingerprint density at radius 3 is 2.79 bits per heavy atom. The first-order valence-electron chi connectivity index (χ1n) is 5.82. The number of hydrogen-bond acceptors (Lipinski definition) is 0. The highest BCUT2D eigenvalue weighted by molar-refractivity contribution is 9.10. The van der Waals surface area contributed by atoms with Crippen molar-refractivity contribution in [1.29, 1.82) is 0 Å². The Balaban J connectivity index is 2.05. The first kappa shape index (κ1) is 12.7. The second kappa shape index (κ2) is 4.99. The number of fused-ring (bicyclic) bond motifs is 1. The molecule has 4 heteroatoms. The molecule has 0 saturated heterocycles. The molecule has 0 amide bonds. The van der Waals surface area contributed by atoms with Crippen molar-refractivity contribution < 1.29 is 4.39 Å². The SMILES string of the molecule is Fc1ccc(Br)cc1Cn1ccc2ccc(Cl)cc21. The van der Waals surface area contributed by atoms with Gasteiger partial charge in [0.2, 0.25) is 0 Å². The van der Waals surface area contributed by atoms with Crippen molar-refractivity contribution in [3.05, 3.63) is 69.5 Å². The van der Waals surface area contributed by atoms with Crippen molar-refractivity contribution >= 4 is 38.4 Å². The van der Waals surface area contributed by atoms with E-state index in [4.69, 9.17) is 11.6 Å². The first-order valence-corrected chi connectivity index (χ1v) is 6.99. The summed E-state index contributed by atoms with van der Waals surface area (Å²) in [5.41, 5.74) is 1.65. The molecule has 0 aliphatic rings. The smallest absolute Gasteiger partial charge is 0.128 e. The number of benzene rings is 2. The minimum absolute atomic E-state index is 0.202. The van der Waals surface area contributed by atoms with E-state index in [-0.39, 0.29) is 5.82 Å². The van der Waals surface area contributed by atoms with E-state index >= 15 is 0 Å². The maximum atomic E-state index is 13.8. The predicted octanol–water partition coefficient (Wildman–Crippen LogP) is 5.24. The van der Waals surface area contributed by atoms with Gasteiger partial charge in [0.1, 0.15) is 5.82 Å². The summed E-state index contributed by atoms with van der Waals surface area (Å²) in [6.07, 6.45) is 1.95. The lowest BCUT2D eigenvalue weighted by molar-refractivity contribution is 0.601. The number of nitrogens with zero attached hydrogens (tertiary/aromatic N) is 1. The zero-order valence-corrected chi connectivity index (χ0v) is 12.2. The van der Waals surface area contributed by atoms with Gasteiger partial charge in [-0.2, -0.15) is 0 Å². The van der Waals surface area contributed by atoms with Crippen LogP contribution in [0.1, 0.15) is 5.56 Å². The molecule has 0 N–H and O–H groups in total. The van der Waals surface area contributed by atoms with Crippen LogP contribution < -0.4 is 0 Å². The second-order valence-corrected chi connectivity index (χ2v) is 5.73. The summed E-state index contributed by atoms with van der Waals surface area (Å²) < 4.78 is 16.6. The Kier molecular flexibility index (Phi) is 3.33. The molecule has 3 rings (SSSR count). The van der Waals surface area contributed by atoms with E-state index in [0.29, 0.717) is 17.1 Å². The lowest BCUT2D eigenvalue weighted by Gasteiger charge is -2.07. The molecular formula is C15H10BrClFN. The Hall–Kier alpha value is -1.32. The standard InChI is InChI=1S/C15H10BrClFN/c16-12-2-4-14(18)11(7-12)9-19-6-5-10-1-3-13(17)8-15(10)19/h1-8H,9H2. The molecule has 19 heavy (non-hydrogen) atoms. The van der Waals surface area contributed by atoms with Crippen LogP contribution in [-0.4, -0.2) is 4.57 Å². The molecule has 3 aromatic rings. The molecule has 0 fully saturated rings. The largest absolute Gasteiger partial charge is 0.343 e. The normalized spacial score (nSPS) is 11.1. The van der Waals surface area contributed by atoms with E-state index in [1.807, 2.05) is 35.0 Å². The van der Waals surface area contributed by atoms with Gasteiger partial charge >= 0.3 is 0 Å². The van der Waals surface area contributed by atoms with Gasteiger partial charge in [-0.05, 0) is 41.8 Å². The van der Waals surface area contributed by atoms with Crippen molar-refractivity contribution in [1.82, 2.24) is 4.57 Å². The van der Waals surface area contributed by atoms with E-state index in [9.17, 15) is 4.39 Å². The third-order valence-corrected chi connectivity index (χ3v) is 3.81. The monoisotopic (exact) mass is 337 g/mol. The highest BCUT2D eigenvalue weighted by Crippen LogP contribution is 2.23. The van der Waals surface area contributed by atoms with Crippen LogP contribution in [0.2, 0.25) is 5.02 Å². The molecule has 0 saturated carbocycles. The lowest BCUT2D eigenvalue weighted by Crippen LogP contribution is -2.00. The molecule has 2 aromatic carbocycles. The van der Waals surface area contributed by atoms with Gasteiger partial charge in [0.15, 0.2) is 0 Å². The number of hydrogen-bond donors (Lipinski definition) is 0. The highest BCUT2D eigenvalue weighted by atomic mass is 79.9. The Morgan fingerprint density at radius 2 is 1.95 bits per heavy atom. The van der Waals surface area contributed by atoms with Gasteiger partial charge in [0.05, 0.1) is 6.54 Å². The van der Waals surface area contributed by atoms with Crippen LogP contribution >= 0.6 is 27.5 Å². The van der Waals surface area contributed by atoms with Crippen LogP contribution in [-0.2, 0) is 6.54 Å². The zero-order valence-electron chi connectivity index (χ0n) is 9.91. The number of halogens is 3. The number of aromatic nitrogens is 1. The average Bonchev–Trinajstić information content (AvgIpc) is 2.77. The van der Waals surface area contributed by atoms with Crippen molar-refractivity contribution in [2.24, 2.45) is 0 Å². The summed E-state index contributed by atoms with van der Waals surface area (Å²) in [6, 6.07) is 12.7. The average molecular weight is 339 g/mol. The molecule has 0 atom stereocenters. The van der Waals surface area contributed by atoms with Gasteiger partial charge in [-0.1, -0.05) is 33.6 Å². The summed E-state index contributed by atoms with van der Waals surface area (Å²) in [5, 5.41) is 1.78. The molecule has 0 spiro atoms. The van der Waals surface area contributed by atoms with E-state index in [2.05, 4.69) is 15.9 Å². The second-order valence-electron chi connectivity index (χ2n) is 4.38. The molecule has 0 aliphatic heterocycles. The summed E-state index contributed by atoms with van der Waals surface area (Å²) >= 11 is 9.38. The third kappa shape index (κ3) is 2.53. The van der Waals surface area contributed by atoms with Gasteiger partial charge in [0, 0.05) is 26.8 Å². The van der Waals surface area contributed by atoms with E-state index in [1.165, 1.54) is 6.07 Å². The fourth-order valence-corrected chi connectivity index (χ4v) is 2.72. The molecule has 1 heterocycles. The quantitative estimate of drug-likeness (QED) is 0.602. The Labute approximate surface area is 123 Å². The first-order chi connectivity index (χ1) is 9.13.